The number of aromatic nitrogens is 2. The van der Waals surface area contributed by atoms with Crippen LogP contribution in [0.2, 0.25) is 10.0 Å². The molecule has 2 aromatic heterocycles. The number of hydrogen-bond acceptors (Lipinski definition) is 7. The number of nitrogens with zero attached hydrogens (tertiary/aromatic N) is 4. The van der Waals surface area contributed by atoms with Gasteiger partial charge in [0.25, 0.3) is 0 Å². The molecule has 1 N–H and O–H groups in total. The van der Waals surface area contributed by atoms with Crippen LogP contribution in [0.5, 0.6) is 11.8 Å². The normalized spacial score (nSPS) is 22.6. The number of likely N-dealkylation sites (tertiary alicyclic amines) is 2. The quantitative estimate of drug-likeness (QED) is 0.212. The smallest absolute Gasteiger partial charge is 0.220 e. The average molecular weight is 711 g/mol. The van der Waals surface area contributed by atoms with E-state index < -0.39 is 0 Å². The molecule has 10 heteroatoms. The molecule has 3 fully saturated rings. The number of methoxy groups -OCH3 is 2. The number of benzene rings is 2. The Morgan fingerprint density at radius 3 is 1.74 bits per heavy atom. The Hall–Kier alpha value is -3.69. The fourth-order valence-corrected chi connectivity index (χ4v) is 10.0. The molecule has 4 aromatic rings. The lowest BCUT2D eigenvalue weighted by atomic mass is 9.77. The monoisotopic (exact) mass is 709 g/mol. The number of carbonyl (C=O) groups is 1. The van der Waals surface area contributed by atoms with Crippen LogP contribution in [-0.2, 0) is 17.6 Å². The Balaban J connectivity index is 1.03. The van der Waals surface area contributed by atoms with Crippen molar-refractivity contribution >= 4 is 29.1 Å². The van der Waals surface area contributed by atoms with Gasteiger partial charge in [-0.05, 0) is 54.9 Å². The van der Waals surface area contributed by atoms with E-state index in [0.717, 1.165) is 104 Å². The van der Waals surface area contributed by atoms with Crippen LogP contribution in [0.25, 0.3) is 33.6 Å². The molecule has 5 heterocycles. The van der Waals surface area contributed by atoms with Gasteiger partial charge in [0.05, 0.1) is 35.7 Å². The highest BCUT2D eigenvalue weighted by Crippen LogP contribution is 2.50. The molecule has 1 amide bonds. The summed E-state index contributed by atoms with van der Waals surface area (Å²) in [5, 5.41) is 4.20. The van der Waals surface area contributed by atoms with E-state index in [-0.39, 0.29) is 17.4 Å². The molecule has 1 spiro atoms. The maximum Gasteiger partial charge on any atom is 0.220 e. The van der Waals surface area contributed by atoms with Crippen LogP contribution in [0.15, 0.2) is 48.5 Å². The third kappa shape index (κ3) is 5.13. The highest BCUT2D eigenvalue weighted by atomic mass is 35.5. The largest absolute Gasteiger partial charge is 0.481 e. The first-order valence-corrected chi connectivity index (χ1v) is 18.5. The van der Waals surface area contributed by atoms with E-state index >= 15 is 0 Å². The van der Waals surface area contributed by atoms with Crippen molar-refractivity contribution in [2.75, 3.05) is 46.9 Å². The Labute approximate surface area is 303 Å². The van der Waals surface area contributed by atoms with Crippen LogP contribution in [0.1, 0.15) is 60.5 Å². The first-order chi connectivity index (χ1) is 24.3. The molecular weight excluding hydrogens is 669 g/mol. The summed E-state index contributed by atoms with van der Waals surface area (Å²) in [6.07, 6.45) is 4.64. The maximum absolute atomic E-state index is 11.9. The molecule has 3 saturated heterocycles. The Morgan fingerprint density at radius 2 is 1.28 bits per heavy atom. The topological polar surface area (TPSA) is 79.8 Å². The highest BCUT2D eigenvalue weighted by Gasteiger charge is 2.51. The molecule has 0 saturated carbocycles. The predicted molar refractivity (Wildman–Crippen MR) is 196 cm³/mol. The van der Waals surface area contributed by atoms with Crippen LogP contribution in [0.4, 0.5) is 0 Å². The second-order valence-corrected chi connectivity index (χ2v) is 15.8. The molecule has 2 aromatic carbocycles. The number of fused-ring (bicyclic) bond motifs is 2. The molecule has 50 heavy (non-hydrogen) atoms. The summed E-state index contributed by atoms with van der Waals surface area (Å²) >= 11 is 14.5. The van der Waals surface area contributed by atoms with Gasteiger partial charge in [-0.15, -0.1) is 0 Å². The molecule has 0 bridgehead atoms. The van der Waals surface area contributed by atoms with Gasteiger partial charge in [0.1, 0.15) is 0 Å². The minimum atomic E-state index is 0.0749. The van der Waals surface area contributed by atoms with E-state index in [4.69, 9.17) is 42.6 Å². The van der Waals surface area contributed by atoms with Crippen LogP contribution < -0.4 is 14.8 Å². The van der Waals surface area contributed by atoms with Crippen molar-refractivity contribution in [3.05, 3.63) is 80.8 Å². The summed E-state index contributed by atoms with van der Waals surface area (Å²) in [6.45, 7) is 7.16. The van der Waals surface area contributed by atoms with Gasteiger partial charge >= 0.3 is 0 Å². The fourth-order valence-electron chi connectivity index (χ4n) is 9.37. The van der Waals surface area contributed by atoms with E-state index in [2.05, 4.69) is 34.2 Å². The maximum atomic E-state index is 11.9. The van der Waals surface area contributed by atoms with E-state index in [1.54, 1.807) is 14.2 Å². The van der Waals surface area contributed by atoms with Crippen molar-refractivity contribution in [3.8, 4) is 45.4 Å². The number of carbonyl (C=O) groups excluding carboxylic acids is 1. The fraction of sp³-hybridized carbons (Fsp3) is 0.425. The molecule has 3 aliphatic heterocycles. The number of ether oxygens (including phenoxy) is 2. The van der Waals surface area contributed by atoms with Crippen molar-refractivity contribution in [2.24, 2.45) is 11.3 Å². The van der Waals surface area contributed by atoms with Crippen LogP contribution in [0, 0.1) is 11.3 Å². The number of aryl methyl sites for hydroxylation is 2. The van der Waals surface area contributed by atoms with Crippen molar-refractivity contribution in [1.82, 2.24) is 25.1 Å². The first-order valence-electron chi connectivity index (χ1n) is 17.7. The number of pyridine rings is 2. The van der Waals surface area contributed by atoms with Gasteiger partial charge in [-0.25, -0.2) is 9.97 Å². The molecule has 2 atom stereocenters. The van der Waals surface area contributed by atoms with Crippen LogP contribution in [0.3, 0.4) is 0 Å². The van der Waals surface area contributed by atoms with Crippen molar-refractivity contribution in [3.63, 3.8) is 0 Å². The Kier molecular flexibility index (Phi) is 7.88. The van der Waals surface area contributed by atoms with E-state index in [0.29, 0.717) is 34.3 Å². The first kappa shape index (κ1) is 32.2. The summed E-state index contributed by atoms with van der Waals surface area (Å²) in [7, 11) is 3.40. The number of halogens is 2. The minimum Gasteiger partial charge on any atom is -0.481 e. The van der Waals surface area contributed by atoms with Gasteiger partial charge in [0.15, 0.2) is 0 Å². The number of nitrogens with one attached hydrogen (secondary N) is 1. The van der Waals surface area contributed by atoms with E-state index in [1.165, 1.54) is 16.7 Å². The summed E-state index contributed by atoms with van der Waals surface area (Å²) in [5.74, 6) is 2.24. The zero-order valence-corrected chi connectivity index (χ0v) is 30.2. The Morgan fingerprint density at radius 1 is 0.780 bits per heavy atom. The Bertz CT molecular complexity index is 2040. The SMILES string of the molecule is COc1nc(-c2cccc(-c3cccc(-c4cc5c(c(OC)n4)[C@@H](N4CC6(CNC(=O)C6)C4)CC5)c3Cl)c2Cl)cc2c1[C@H](N1CC(C)C1)CC2. The third-order valence-corrected chi connectivity index (χ3v) is 12.5. The molecule has 0 radical (unpaired) electrons. The van der Waals surface area contributed by atoms with Gasteiger partial charge in [-0.2, -0.15) is 0 Å². The van der Waals surface area contributed by atoms with E-state index in [1.807, 2.05) is 36.4 Å². The van der Waals surface area contributed by atoms with Gasteiger partial charge in [-0.1, -0.05) is 66.5 Å². The minimum absolute atomic E-state index is 0.0749. The molecule has 0 unspecified atom stereocenters. The lowest BCUT2D eigenvalue weighted by Crippen LogP contribution is -2.58. The lowest BCUT2D eigenvalue weighted by Gasteiger charge is -2.50. The zero-order chi connectivity index (χ0) is 34.3. The molecule has 9 rings (SSSR count). The third-order valence-electron chi connectivity index (χ3n) is 11.7. The number of amides is 1. The molecule has 2 aliphatic carbocycles. The van der Waals surface area contributed by atoms with Crippen LogP contribution >= 0.6 is 23.2 Å². The van der Waals surface area contributed by atoms with Crippen LogP contribution in [-0.4, -0.2) is 72.6 Å². The lowest BCUT2D eigenvalue weighted by molar-refractivity contribution is -0.121. The highest BCUT2D eigenvalue weighted by molar-refractivity contribution is 6.39. The second kappa shape index (κ2) is 12.2. The van der Waals surface area contributed by atoms with E-state index in [9.17, 15) is 4.79 Å². The molecule has 5 aliphatic rings. The summed E-state index contributed by atoms with van der Waals surface area (Å²) in [6, 6.07) is 17.0. The second-order valence-electron chi connectivity index (χ2n) is 15.0. The number of hydrogen-bond donors (Lipinski definition) is 1. The summed E-state index contributed by atoms with van der Waals surface area (Å²) in [5.41, 5.74) is 9.93. The molecule has 258 valence electrons. The van der Waals surface area contributed by atoms with Gasteiger partial charge in [0.2, 0.25) is 17.7 Å². The predicted octanol–water partition coefficient (Wildman–Crippen LogP) is 7.55. The summed E-state index contributed by atoms with van der Waals surface area (Å²) < 4.78 is 11.8. The van der Waals surface area contributed by atoms with Crippen molar-refractivity contribution in [1.29, 1.82) is 0 Å². The standard InChI is InChI=1S/C40H41Cl2N5O3/c1-22-17-46(18-22)31-12-10-23-14-29(44-38(49-2)34(23)31)27-8-4-6-25(36(27)41)26-7-5-9-28(37(26)42)30-15-24-11-13-32(35(24)39(45-30)50-3)47-20-40(21-47)16-33(48)43-19-40/h4-9,14-15,22,31-32H,10-13,16-21H2,1-3H3,(H,43,48)/t31-,32+/m1/s1. The number of rotatable bonds is 7. The van der Waals surface area contributed by atoms with Gasteiger partial charge in [-0.3, -0.25) is 14.6 Å². The van der Waals surface area contributed by atoms with Gasteiger partial charge in [0, 0.05) is 90.0 Å². The summed E-state index contributed by atoms with van der Waals surface area (Å²) in [4.78, 5) is 27.0. The average Bonchev–Trinajstić information content (AvgIpc) is 3.82. The van der Waals surface area contributed by atoms with Crippen molar-refractivity contribution in [2.45, 2.75) is 51.1 Å². The zero-order valence-electron chi connectivity index (χ0n) is 28.7. The van der Waals surface area contributed by atoms with Gasteiger partial charge < -0.3 is 14.8 Å². The molecular formula is C40H41Cl2N5O3. The molecule has 8 nitrogen and oxygen atoms in total. The van der Waals surface area contributed by atoms with Crippen molar-refractivity contribution < 1.29 is 14.3 Å².